The van der Waals surface area contributed by atoms with Crippen LogP contribution in [-0.2, 0) is 17.9 Å². The van der Waals surface area contributed by atoms with Crippen LogP contribution in [0.3, 0.4) is 0 Å². The minimum atomic E-state index is -0.756. The standard InChI is InChI=1S/C9H16N4O2/c1-2-13-8(11-7-12-13)6-10-5-3-4-9(14)15/h7,10H,2-6H2,1H3,(H,14,15). The first-order valence-corrected chi connectivity index (χ1v) is 5.03. The molecule has 1 rings (SSSR count). The summed E-state index contributed by atoms with van der Waals surface area (Å²) >= 11 is 0. The van der Waals surface area contributed by atoms with Crippen molar-refractivity contribution in [2.45, 2.75) is 32.9 Å². The molecular formula is C9H16N4O2. The fraction of sp³-hybridized carbons (Fsp3) is 0.667. The number of nitrogens with one attached hydrogen (secondary N) is 1. The van der Waals surface area contributed by atoms with Crippen LogP contribution >= 0.6 is 0 Å². The molecule has 0 unspecified atom stereocenters. The number of aliphatic carboxylic acids is 1. The number of carboxylic acid groups (broad SMARTS) is 1. The number of aryl methyl sites for hydroxylation is 1. The number of rotatable bonds is 7. The van der Waals surface area contributed by atoms with Crippen LogP contribution in [0, 0.1) is 0 Å². The monoisotopic (exact) mass is 212 g/mol. The van der Waals surface area contributed by atoms with E-state index >= 15 is 0 Å². The third-order valence-corrected chi connectivity index (χ3v) is 2.02. The van der Waals surface area contributed by atoms with Crippen molar-refractivity contribution in [3.63, 3.8) is 0 Å². The van der Waals surface area contributed by atoms with Crippen molar-refractivity contribution in [2.24, 2.45) is 0 Å². The molecule has 2 N–H and O–H groups in total. The van der Waals surface area contributed by atoms with E-state index in [9.17, 15) is 4.79 Å². The van der Waals surface area contributed by atoms with Crippen LogP contribution < -0.4 is 5.32 Å². The lowest BCUT2D eigenvalue weighted by Crippen LogP contribution is -2.19. The summed E-state index contributed by atoms with van der Waals surface area (Å²) in [5, 5.41) is 15.6. The molecule has 0 fully saturated rings. The Balaban J connectivity index is 2.17. The molecule has 0 aliphatic carbocycles. The Hall–Kier alpha value is -1.43. The van der Waals surface area contributed by atoms with Gasteiger partial charge < -0.3 is 10.4 Å². The van der Waals surface area contributed by atoms with Gasteiger partial charge in [-0.2, -0.15) is 5.10 Å². The first-order chi connectivity index (χ1) is 7.24. The Morgan fingerprint density at radius 1 is 1.67 bits per heavy atom. The fourth-order valence-corrected chi connectivity index (χ4v) is 1.25. The lowest BCUT2D eigenvalue weighted by atomic mass is 10.3. The van der Waals surface area contributed by atoms with Gasteiger partial charge in [0.2, 0.25) is 0 Å². The fourth-order valence-electron chi connectivity index (χ4n) is 1.25. The molecule has 6 heteroatoms. The van der Waals surface area contributed by atoms with Crippen molar-refractivity contribution >= 4 is 5.97 Å². The molecule has 0 amide bonds. The first-order valence-electron chi connectivity index (χ1n) is 5.03. The zero-order valence-electron chi connectivity index (χ0n) is 8.81. The smallest absolute Gasteiger partial charge is 0.303 e. The summed E-state index contributed by atoms with van der Waals surface area (Å²) in [6.45, 7) is 4.12. The number of aromatic nitrogens is 3. The molecular weight excluding hydrogens is 196 g/mol. The van der Waals surface area contributed by atoms with E-state index in [1.54, 1.807) is 0 Å². The van der Waals surface area contributed by atoms with E-state index < -0.39 is 5.97 Å². The predicted octanol–water partition coefficient (Wildman–Crippen LogP) is 0.252. The molecule has 1 aromatic heterocycles. The van der Waals surface area contributed by atoms with E-state index in [2.05, 4.69) is 15.4 Å². The number of hydrogen-bond donors (Lipinski definition) is 2. The predicted molar refractivity (Wildman–Crippen MR) is 54.3 cm³/mol. The van der Waals surface area contributed by atoms with Crippen molar-refractivity contribution < 1.29 is 9.90 Å². The second kappa shape index (κ2) is 6.13. The molecule has 0 aromatic carbocycles. The molecule has 0 aliphatic heterocycles. The minimum Gasteiger partial charge on any atom is -0.481 e. The molecule has 0 aliphatic rings. The number of carbonyl (C=O) groups is 1. The quantitative estimate of drug-likeness (QED) is 0.633. The van der Waals surface area contributed by atoms with Gasteiger partial charge in [0.25, 0.3) is 0 Å². The normalized spacial score (nSPS) is 10.5. The van der Waals surface area contributed by atoms with Gasteiger partial charge in [-0.05, 0) is 19.9 Å². The SMILES string of the molecule is CCn1ncnc1CNCCCC(=O)O. The van der Waals surface area contributed by atoms with Gasteiger partial charge in [0, 0.05) is 13.0 Å². The number of carboxylic acids is 1. The van der Waals surface area contributed by atoms with Crippen molar-refractivity contribution in [3.05, 3.63) is 12.2 Å². The van der Waals surface area contributed by atoms with E-state index in [1.807, 2.05) is 11.6 Å². The zero-order valence-corrected chi connectivity index (χ0v) is 8.81. The maximum absolute atomic E-state index is 10.2. The van der Waals surface area contributed by atoms with Crippen molar-refractivity contribution in [1.82, 2.24) is 20.1 Å². The molecule has 0 spiro atoms. The van der Waals surface area contributed by atoms with Crippen molar-refractivity contribution in [2.75, 3.05) is 6.54 Å². The summed E-state index contributed by atoms with van der Waals surface area (Å²) < 4.78 is 1.81. The molecule has 6 nitrogen and oxygen atoms in total. The largest absolute Gasteiger partial charge is 0.481 e. The summed E-state index contributed by atoms with van der Waals surface area (Å²) in [7, 11) is 0. The van der Waals surface area contributed by atoms with E-state index in [1.165, 1.54) is 6.33 Å². The Kier molecular flexibility index (Phi) is 4.76. The first kappa shape index (κ1) is 11.6. The lowest BCUT2D eigenvalue weighted by Gasteiger charge is -2.04. The van der Waals surface area contributed by atoms with Crippen LogP contribution in [0.15, 0.2) is 6.33 Å². The average Bonchev–Trinajstić information content (AvgIpc) is 2.64. The van der Waals surface area contributed by atoms with Gasteiger partial charge in [-0.1, -0.05) is 0 Å². The molecule has 1 heterocycles. The third-order valence-electron chi connectivity index (χ3n) is 2.02. The van der Waals surface area contributed by atoms with E-state index in [4.69, 9.17) is 5.11 Å². The van der Waals surface area contributed by atoms with Gasteiger partial charge in [-0.25, -0.2) is 9.67 Å². The van der Waals surface area contributed by atoms with Crippen LogP contribution in [-0.4, -0.2) is 32.4 Å². The molecule has 1 aromatic rings. The van der Waals surface area contributed by atoms with E-state index in [0.29, 0.717) is 19.5 Å². The Morgan fingerprint density at radius 2 is 2.47 bits per heavy atom. The molecule has 0 radical (unpaired) electrons. The van der Waals surface area contributed by atoms with Crippen LogP contribution in [0.4, 0.5) is 0 Å². The summed E-state index contributed by atoms with van der Waals surface area (Å²) in [6.07, 6.45) is 2.36. The summed E-state index contributed by atoms with van der Waals surface area (Å²) in [5.74, 6) is 0.126. The van der Waals surface area contributed by atoms with E-state index in [-0.39, 0.29) is 6.42 Å². The maximum atomic E-state index is 10.2. The van der Waals surface area contributed by atoms with Crippen LogP contribution in [0.25, 0.3) is 0 Å². The minimum absolute atomic E-state index is 0.202. The molecule has 84 valence electrons. The second-order valence-electron chi connectivity index (χ2n) is 3.17. The highest BCUT2D eigenvalue weighted by Gasteiger charge is 2.01. The zero-order chi connectivity index (χ0) is 11.1. The van der Waals surface area contributed by atoms with Gasteiger partial charge in [0.15, 0.2) is 0 Å². The molecule has 0 bridgehead atoms. The molecule has 0 atom stereocenters. The highest BCUT2D eigenvalue weighted by Crippen LogP contribution is 1.93. The molecule has 0 saturated carbocycles. The van der Waals surface area contributed by atoms with Gasteiger partial charge in [0.05, 0.1) is 6.54 Å². The van der Waals surface area contributed by atoms with E-state index in [0.717, 1.165) is 12.4 Å². The maximum Gasteiger partial charge on any atom is 0.303 e. The molecule has 0 saturated heterocycles. The van der Waals surface area contributed by atoms with Crippen LogP contribution in [0.1, 0.15) is 25.6 Å². The summed E-state index contributed by atoms with van der Waals surface area (Å²) in [4.78, 5) is 14.3. The average molecular weight is 212 g/mol. The van der Waals surface area contributed by atoms with Gasteiger partial charge >= 0.3 is 5.97 Å². The van der Waals surface area contributed by atoms with Crippen molar-refractivity contribution in [1.29, 1.82) is 0 Å². The number of hydrogen-bond acceptors (Lipinski definition) is 4. The highest BCUT2D eigenvalue weighted by atomic mass is 16.4. The van der Waals surface area contributed by atoms with Crippen LogP contribution in [0.5, 0.6) is 0 Å². The molecule has 15 heavy (non-hydrogen) atoms. The van der Waals surface area contributed by atoms with Gasteiger partial charge in [0.1, 0.15) is 12.2 Å². The van der Waals surface area contributed by atoms with Crippen LogP contribution in [0.2, 0.25) is 0 Å². The summed E-state index contributed by atoms with van der Waals surface area (Å²) in [6, 6.07) is 0. The lowest BCUT2D eigenvalue weighted by molar-refractivity contribution is -0.137. The highest BCUT2D eigenvalue weighted by molar-refractivity contribution is 5.66. The Bertz CT molecular complexity index is 311. The Labute approximate surface area is 88.3 Å². The van der Waals surface area contributed by atoms with Gasteiger partial charge in [-0.3, -0.25) is 4.79 Å². The summed E-state index contributed by atoms with van der Waals surface area (Å²) in [5.41, 5.74) is 0. The third kappa shape index (κ3) is 4.07. The van der Waals surface area contributed by atoms with Gasteiger partial charge in [-0.15, -0.1) is 0 Å². The number of nitrogens with zero attached hydrogens (tertiary/aromatic N) is 3. The Morgan fingerprint density at radius 3 is 3.13 bits per heavy atom. The second-order valence-corrected chi connectivity index (χ2v) is 3.17. The topological polar surface area (TPSA) is 80.0 Å². The van der Waals surface area contributed by atoms with Crippen molar-refractivity contribution in [3.8, 4) is 0 Å².